The van der Waals surface area contributed by atoms with Crippen LogP contribution in [0.1, 0.15) is 43.1 Å². The van der Waals surface area contributed by atoms with Crippen molar-refractivity contribution < 1.29 is 19.0 Å². The second-order valence-electron chi connectivity index (χ2n) is 7.21. The number of hydrogen-bond acceptors (Lipinski definition) is 4. The summed E-state index contributed by atoms with van der Waals surface area (Å²) in [4.78, 5) is 12.8. The van der Waals surface area contributed by atoms with Crippen molar-refractivity contribution in [3.63, 3.8) is 0 Å². The molecule has 0 saturated heterocycles. The lowest BCUT2D eigenvalue weighted by molar-refractivity contribution is 0.0537. The molecule has 1 aliphatic carbocycles. The fourth-order valence-electron chi connectivity index (χ4n) is 3.21. The molecule has 0 N–H and O–H groups in total. The Hall–Kier alpha value is -2.49. The van der Waals surface area contributed by atoms with Crippen LogP contribution in [0.25, 0.3) is 0 Å². The summed E-state index contributed by atoms with van der Waals surface area (Å²) in [5.41, 5.74) is 3.41. The molecular weight excluding hydrogens is 328 g/mol. The number of hydrogen-bond donors (Lipinski definition) is 0. The Kier molecular flexibility index (Phi) is 5.50. The molecule has 138 valence electrons. The van der Waals surface area contributed by atoms with Crippen molar-refractivity contribution in [1.29, 1.82) is 0 Å². The average Bonchev–Trinajstić information content (AvgIpc) is 2.74. The van der Waals surface area contributed by atoms with Crippen LogP contribution in [0.3, 0.4) is 0 Å². The van der Waals surface area contributed by atoms with Crippen LogP contribution in [-0.4, -0.2) is 25.8 Å². The largest absolute Gasteiger partial charge is 0.495 e. The van der Waals surface area contributed by atoms with Gasteiger partial charge in [0.15, 0.2) is 0 Å². The Bertz CT molecular complexity index is 784. The smallest absolute Gasteiger partial charge is 0.346 e. The van der Waals surface area contributed by atoms with Crippen molar-refractivity contribution in [3.8, 4) is 11.5 Å². The lowest BCUT2D eigenvalue weighted by atomic mass is 9.99. The minimum atomic E-state index is -0.412. The molecule has 4 heteroatoms. The maximum Gasteiger partial charge on any atom is 0.346 e. The van der Waals surface area contributed by atoms with Crippen molar-refractivity contribution in [2.75, 3.05) is 13.7 Å². The Morgan fingerprint density at radius 3 is 2.85 bits per heavy atom. The normalized spacial score (nSPS) is 19.1. The molecule has 1 unspecified atom stereocenters. The van der Waals surface area contributed by atoms with Crippen LogP contribution < -0.4 is 9.47 Å². The number of allylic oxidation sites excluding steroid dienone is 2. The van der Waals surface area contributed by atoms with Gasteiger partial charge in [-0.1, -0.05) is 37.6 Å². The highest BCUT2D eigenvalue weighted by molar-refractivity contribution is 5.96. The van der Waals surface area contributed by atoms with Gasteiger partial charge in [-0.3, -0.25) is 0 Å². The van der Waals surface area contributed by atoms with Crippen molar-refractivity contribution >= 4 is 5.97 Å². The van der Waals surface area contributed by atoms with E-state index in [1.807, 2.05) is 43.4 Å². The molecule has 26 heavy (non-hydrogen) atoms. The van der Waals surface area contributed by atoms with Gasteiger partial charge in [0, 0.05) is 0 Å². The molecule has 0 amide bonds. The van der Waals surface area contributed by atoms with E-state index in [1.165, 1.54) is 0 Å². The minimum Gasteiger partial charge on any atom is -0.495 e. The van der Waals surface area contributed by atoms with Crippen molar-refractivity contribution in [1.82, 2.24) is 0 Å². The molecule has 0 spiro atoms. The molecule has 0 fully saturated rings. The van der Waals surface area contributed by atoms with Gasteiger partial charge in [0.25, 0.3) is 0 Å². The van der Waals surface area contributed by atoms with Gasteiger partial charge in [0.05, 0.1) is 7.11 Å². The maximum atomic E-state index is 12.8. The predicted octanol–water partition coefficient (Wildman–Crippen LogP) is 4.64. The zero-order chi connectivity index (χ0) is 18.7. The number of rotatable bonds is 4. The third-order valence-corrected chi connectivity index (χ3v) is 4.57. The number of ether oxygens (including phenoxy) is 3. The topological polar surface area (TPSA) is 44.8 Å². The van der Waals surface area contributed by atoms with Gasteiger partial charge in [-0.25, -0.2) is 4.79 Å². The van der Waals surface area contributed by atoms with Crippen LogP contribution >= 0.6 is 0 Å². The Morgan fingerprint density at radius 2 is 2.12 bits per heavy atom. The highest BCUT2D eigenvalue weighted by Crippen LogP contribution is 2.36. The Balaban J connectivity index is 2.01. The number of methoxy groups -OCH3 is 1. The average molecular weight is 354 g/mol. The summed E-state index contributed by atoms with van der Waals surface area (Å²) >= 11 is 0. The van der Waals surface area contributed by atoms with Crippen LogP contribution in [0.2, 0.25) is 0 Å². The molecule has 1 atom stereocenters. The summed E-state index contributed by atoms with van der Waals surface area (Å²) in [5.74, 6) is 1.21. The molecule has 0 aromatic heterocycles. The number of carbonyl (C=O) groups is 1. The molecule has 2 bridgehead atoms. The molecule has 1 aliphatic heterocycles. The van der Waals surface area contributed by atoms with Gasteiger partial charge < -0.3 is 14.2 Å². The van der Waals surface area contributed by atoms with E-state index in [0.29, 0.717) is 23.0 Å². The number of carbonyl (C=O) groups excluding carboxylic acids is 1. The van der Waals surface area contributed by atoms with Gasteiger partial charge in [0.1, 0.15) is 29.8 Å². The first-order valence-electron chi connectivity index (χ1n) is 9.08. The first-order valence-corrected chi connectivity index (χ1v) is 9.08. The summed E-state index contributed by atoms with van der Waals surface area (Å²) in [6.07, 6.45) is 9.60. The third-order valence-electron chi connectivity index (χ3n) is 4.57. The van der Waals surface area contributed by atoms with Crippen LogP contribution in [0.4, 0.5) is 0 Å². The molecule has 0 radical (unpaired) electrons. The first-order chi connectivity index (χ1) is 12.5. The zero-order valence-electron chi connectivity index (χ0n) is 15.9. The standard InChI is InChI=1S/C22H26O4/c1-14(2)5-7-17-8-10-19-20(21(17)24-4)22(23)25-13-16-11-15(3)6-9-18(12-16)26-19/h6,8-12,14,18H,5,7,13H2,1-4H3. The highest BCUT2D eigenvalue weighted by atomic mass is 16.5. The van der Waals surface area contributed by atoms with E-state index in [9.17, 15) is 4.79 Å². The molecule has 0 saturated carbocycles. The van der Waals surface area contributed by atoms with Crippen LogP contribution in [0.15, 0.2) is 47.6 Å². The van der Waals surface area contributed by atoms with Gasteiger partial charge in [-0.15, -0.1) is 0 Å². The van der Waals surface area contributed by atoms with E-state index in [0.717, 1.165) is 29.6 Å². The van der Waals surface area contributed by atoms with E-state index >= 15 is 0 Å². The summed E-state index contributed by atoms with van der Waals surface area (Å²) < 4.78 is 17.3. The summed E-state index contributed by atoms with van der Waals surface area (Å²) in [6, 6.07) is 3.84. The van der Waals surface area contributed by atoms with Crippen LogP contribution in [-0.2, 0) is 11.2 Å². The summed E-state index contributed by atoms with van der Waals surface area (Å²) in [6.45, 7) is 6.59. The second kappa shape index (κ2) is 7.81. The van der Waals surface area contributed by atoms with Crippen molar-refractivity contribution in [2.45, 2.75) is 39.7 Å². The third kappa shape index (κ3) is 4.01. The summed E-state index contributed by atoms with van der Waals surface area (Å²) in [5, 5.41) is 0. The lowest BCUT2D eigenvalue weighted by Gasteiger charge is -2.19. The molecular formula is C22H26O4. The van der Waals surface area contributed by atoms with E-state index < -0.39 is 5.97 Å². The van der Waals surface area contributed by atoms with E-state index in [-0.39, 0.29) is 12.7 Å². The monoisotopic (exact) mass is 354 g/mol. The zero-order valence-corrected chi connectivity index (χ0v) is 15.9. The molecule has 3 rings (SSSR count). The number of aryl methyl sites for hydroxylation is 1. The van der Waals surface area contributed by atoms with Gasteiger partial charge in [0.2, 0.25) is 0 Å². The van der Waals surface area contributed by atoms with E-state index in [4.69, 9.17) is 14.2 Å². The fourth-order valence-corrected chi connectivity index (χ4v) is 3.21. The van der Waals surface area contributed by atoms with Crippen molar-refractivity contribution in [2.24, 2.45) is 5.92 Å². The van der Waals surface area contributed by atoms with Gasteiger partial charge >= 0.3 is 5.97 Å². The molecule has 1 heterocycles. The predicted molar refractivity (Wildman–Crippen MR) is 102 cm³/mol. The number of esters is 1. The maximum absolute atomic E-state index is 12.8. The molecule has 1 aromatic carbocycles. The Morgan fingerprint density at radius 1 is 1.31 bits per heavy atom. The van der Waals surface area contributed by atoms with Gasteiger partial charge in [-0.2, -0.15) is 0 Å². The van der Waals surface area contributed by atoms with Crippen molar-refractivity contribution in [3.05, 3.63) is 58.7 Å². The Labute approximate surface area is 155 Å². The van der Waals surface area contributed by atoms with E-state index in [1.54, 1.807) is 7.11 Å². The molecule has 4 nitrogen and oxygen atoms in total. The first kappa shape index (κ1) is 18.3. The number of cyclic esters (lactones) is 1. The quantitative estimate of drug-likeness (QED) is 0.739. The SMILES string of the molecule is COc1c(CCC(C)C)ccc2c1C(=O)OCC1=CC(C=CC(C)=C1)O2. The van der Waals surface area contributed by atoms with Gasteiger partial charge in [-0.05, 0) is 55.0 Å². The number of benzene rings is 1. The molecule has 2 aliphatic rings. The van der Waals surface area contributed by atoms with Crippen LogP contribution in [0.5, 0.6) is 11.5 Å². The molecule has 1 aromatic rings. The highest BCUT2D eigenvalue weighted by Gasteiger charge is 2.26. The minimum absolute atomic E-state index is 0.219. The number of fused-ring (bicyclic) bond motifs is 2. The lowest BCUT2D eigenvalue weighted by Crippen LogP contribution is -2.14. The van der Waals surface area contributed by atoms with Crippen LogP contribution in [0, 0.1) is 5.92 Å². The van der Waals surface area contributed by atoms with E-state index in [2.05, 4.69) is 13.8 Å². The fraction of sp³-hybridized carbons (Fsp3) is 0.409. The second-order valence-corrected chi connectivity index (χ2v) is 7.21. The summed E-state index contributed by atoms with van der Waals surface area (Å²) in [7, 11) is 1.59.